The maximum atomic E-state index is 10.2. The monoisotopic (exact) mass is 226 g/mol. The van der Waals surface area contributed by atoms with E-state index in [0.29, 0.717) is 11.3 Å². The van der Waals surface area contributed by atoms with Gasteiger partial charge in [-0.3, -0.25) is 0 Å². The minimum Gasteiger partial charge on any atom is -0.389 e. The molecule has 0 bridgehead atoms. The first-order valence-corrected chi connectivity index (χ1v) is 9.51. The summed E-state index contributed by atoms with van der Waals surface area (Å²) in [7, 11) is -1.30. The van der Waals surface area contributed by atoms with Gasteiger partial charge in [0.1, 0.15) is 0 Å². The highest BCUT2D eigenvalue weighted by Crippen LogP contribution is 2.39. The molecule has 0 amide bonds. The molecule has 0 spiro atoms. The molecule has 2 heteroatoms. The molecular weight excluding hydrogens is 200 g/mol. The molecular formula is C13H26OSi. The minimum absolute atomic E-state index is 0.172. The summed E-state index contributed by atoms with van der Waals surface area (Å²) in [6, 6.07) is 0. The molecule has 0 saturated heterocycles. The van der Waals surface area contributed by atoms with Crippen molar-refractivity contribution < 1.29 is 5.11 Å². The van der Waals surface area contributed by atoms with E-state index in [0.717, 1.165) is 12.8 Å². The zero-order valence-electron chi connectivity index (χ0n) is 11.1. The molecule has 0 heterocycles. The highest BCUT2D eigenvalue weighted by Gasteiger charge is 2.34. The van der Waals surface area contributed by atoms with Crippen molar-refractivity contribution in [2.75, 3.05) is 0 Å². The molecule has 0 fully saturated rings. The average molecular weight is 226 g/mol. The van der Waals surface area contributed by atoms with Gasteiger partial charge in [-0.15, -0.1) is 0 Å². The summed E-state index contributed by atoms with van der Waals surface area (Å²) in [6.45, 7) is 13.8. The summed E-state index contributed by atoms with van der Waals surface area (Å²) >= 11 is 0. The second kappa shape index (κ2) is 4.06. The summed E-state index contributed by atoms with van der Waals surface area (Å²) in [5.41, 5.74) is 0.322. The largest absolute Gasteiger partial charge is 0.389 e. The third-order valence-electron chi connectivity index (χ3n) is 3.58. The van der Waals surface area contributed by atoms with Gasteiger partial charge in [0.2, 0.25) is 0 Å². The van der Waals surface area contributed by atoms with Gasteiger partial charge in [-0.1, -0.05) is 51.7 Å². The lowest BCUT2D eigenvalue weighted by Gasteiger charge is -2.38. The second-order valence-electron chi connectivity index (χ2n) is 6.96. The van der Waals surface area contributed by atoms with Gasteiger partial charge in [0.25, 0.3) is 0 Å². The van der Waals surface area contributed by atoms with Crippen LogP contribution >= 0.6 is 0 Å². The summed E-state index contributed by atoms with van der Waals surface area (Å²) < 4.78 is 0. The molecule has 1 aliphatic carbocycles. The van der Waals surface area contributed by atoms with Crippen LogP contribution in [0.5, 0.6) is 0 Å². The Morgan fingerprint density at radius 2 is 1.80 bits per heavy atom. The van der Waals surface area contributed by atoms with Crippen LogP contribution in [0.3, 0.4) is 0 Å². The van der Waals surface area contributed by atoms with Crippen LogP contribution in [-0.4, -0.2) is 19.3 Å². The Kier molecular flexibility index (Phi) is 3.51. The lowest BCUT2D eigenvalue weighted by atomic mass is 9.74. The van der Waals surface area contributed by atoms with Gasteiger partial charge in [0.15, 0.2) is 0 Å². The van der Waals surface area contributed by atoms with Crippen molar-refractivity contribution in [2.45, 2.75) is 59.4 Å². The third kappa shape index (κ3) is 3.18. The van der Waals surface area contributed by atoms with E-state index in [1.807, 2.05) is 0 Å². The first-order valence-electron chi connectivity index (χ1n) is 6.01. The van der Waals surface area contributed by atoms with E-state index in [4.69, 9.17) is 0 Å². The predicted molar refractivity (Wildman–Crippen MR) is 69.6 cm³/mol. The molecule has 1 rings (SSSR count). The summed E-state index contributed by atoms with van der Waals surface area (Å²) in [5, 5.41) is 11.6. The second-order valence-corrected chi connectivity index (χ2v) is 12.0. The topological polar surface area (TPSA) is 20.2 Å². The molecule has 0 aromatic rings. The Morgan fingerprint density at radius 3 is 2.13 bits per heavy atom. The van der Waals surface area contributed by atoms with Gasteiger partial charge in [-0.25, -0.2) is 0 Å². The fourth-order valence-corrected chi connectivity index (χ4v) is 4.26. The van der Waals surface area contributed by atoms with E-state index in [9.17, 15) is 5.11 Å². The Labute approximate surface area is 95.6 Å². The predicted octanol–water partition coefficient (Wildman–Crippen LogP) is 3.61. The fourth-order valence-electron chi connectivity index (χ4n) is 2.41. The number of aliphatic hydroxyl groups is 1. The van der Waals surface area contributed by atoms with Crippen molar-refractivity contribution in [3.63, 3.8) is 0 Å². The summed E-state index contributed by atoms with van der Waals surface area (Å²) in [6.07, 6.45) is 4.27. The van der Waals surface area contributed by atoms with E-state index in [1.165, 1.54) is 5.20 Å². The van der Waals surface area contributed by atoms with Crippen molar-refractivity contribution in [1.29, 1.82) is 0 Å². The van der Waals surface area contributed by atoms with Crippen LogP contribution in [0, 0.1) is 11.3 Å². The molecule has 1 N–H and O–H groups in total. The number of hydrogen-bond donors (Lipinski definition) is 1. The average Bonchev–Trinajstić information content (AvgIpc) is 1.99. The molecule has 1 aliphatic rings. The summed E-state index contributed by atoms with van der Waals surface area (Å²) in [4.78, 5) is 0. The molecule has 0 aromatic heterocycles. The zero-order chi connectivity index (χ0) is 11.9. The number of hydrogen-bond acceptors (Lipinski definition) is 1. The van der Waals surface area contributed by atoms with Crippen LogP contribution < -0.4 is 0 Å². The van der Waals surface area contributed by atoms with Crippen LogP contribution in [0.15, 0.2) is 11.3 Å². The van der Waals surface area contributed by atoms with Crippen LogP contribution in [-0.2, 0) is 0 Å². The lowest BCUT2D eigenvalue weighted by Crippen LogP contribution is -2.38. The molecule has 0 saturated carbocycles. The van der Waals surface area contributed by atoms with Crippen molar-refractivity contribution in [3.05, 3.63) is 11.3 Å². The van der Waals surface area contributed by atoms with Crippen molar-refractivity contribution in [3.8, 4) is 0 Å². The quantitative estimate of drug-likeness (QED) is 0.677. The molecule has 0 aliphatic heterocycles. The SMILES string of the molecule is CC(C)(C)C1CC=C([Si](C)(C)C)[C@@H](O)C1. The van der Waals surface area contributed by atoms with Crippen LogP contribution in [0.25, 0.3) is 0 Å². The molecule has 88 valence electrons. The van der Waals surface area contributed by atoms with Crippen LogP contribution in [0.4, 0.5) is 0 Å². The van der Waals surface area contributed by atoms with E-state index in [-0.39, 0.29) is 6.10 Å². The molecule has 1 nitrogen and oxygen atoms in total. The van der Waals surface area contributed by atoms with Gasteiger partial charge in [0, 0.05) is 0 Å². The maximum Gasteiger partial charge on any atom is 0.0753 e. The number of aliphatic hydroxyl groups excluding tert-OH is 1. The Balaban J connectivity index is 2.81. The van der Waals surface area contributed by atoms with Crippen molar-refractivity contribution >= 4 is 8.07 Å². The maximum absolute atomic E-state index is 10.2. The van der Waals surface area contributed by atoms with Gasteiger partial charge < -0.3 is 5.11 Å². The molecule has 15 heavy (non-hydrogen) atoms. The van der Waals surface area contributed by atoms with E-state index in [2.05, 4.69) is 46.5 Å². The zero-order valence-corrected chi connectivity index (χ0v) is 12.1. The van der Waals surface area contributed by atoms with Crippen molar-refractivity contribution in [1.82, 2.24) is 0 Å². The van der Waals surface area contributed by atoms with E-state index >= 15 is 0 Å². The normalized spacial score (nSPS) is 28.9. The summed E-state index contributed by atoms with van der Waals surface area (Å²) in [5.74, 6) is 0.632. The molecule has 1 unspecified atom stereocenters. The van der Waals surface area contributed by atoms with E-state index < -0.39 is 8.07 Å². The van der Waals surface area contributed by atoms with Crippen LogP contribution in [0.1, 0.15) is 33.6 Å². The molecule has 0 aromatic carbocycles. The third-order valence-corrected chi connectivity index (χ3v) is 5.85. The Bertz CT molecular complexity index is 255. The highest BCUT2D eigenvalue weighted by molar-refractivity contribution is 6.83. The van der Waals surface area contributed by atoms with Gasteiger partial charge >= 0.3 is 0 Å². The first kappa shape index (κ1) is 13.0. The lowest BCUT2D eigenvalue weighted by molar-refractivity contribution is 0.120. The van der Waals surface area contributed by atoms with Gasteiger partial charge in [-0.05, 0) is 24.2 Å². The van der Waals surface area contributed by atoms with Crippen molar-refractivity contribution in [2.24, 2.45) is 11.3 Å². The van der Waals surface area contributed by atoms with Gasteiger partial charge in [0.05, 0.1) is 14.2 Å². The fraction of sp³-hybridized carbons (Fsp3) is 0.846. The number of rotatable bonds is 1. The van der Waals surface area contributed by atoms with Crippen LogP contribution in [0.2, 0.25) is 19.6 Å². The highest BCUT2D eigenvalue weighted by atomic mass is 28.3. The number of allylic oxidation sites excluding steroid dienone is 1. The smallest absolute Gasteiger partial charge is 0.0753 e. The molecule has 2 atom stereocenters. The van der Waals surface area contributed by atoms with Gasteiger partial charge in [-0.2, -0.15) is 0 Å². The van der Waals surface area contributed by atoms with E-state index in [1.54, 1.807) is 0 Å². The Morgan fingerprint density at radius 1 is 1.27 bits per heavy atom. The minimum atomic E-state index is -1.30. The standard InChI is InChI=1S/C13H26OSi/c1-13(2,3)10-7-8-12(11(14)9-10)15(4,5)6/h8,10-11,14H,7,9H2,1-6H3/t10?,11-/m0/s1. The molecule has 0 radical (unpaired) electrons. The Hall–Kier alpha value is -0.0831. The first-order chi connectivity index (χ1) is 6.62.